The number of nitrogens with zero attached hydrogens (tertiary/aromatic N) is 2. The van der Waals surface area contributed by atoms with Gasteiger partial charge in [-0.3, -0.25) is 9.78 Å². The van der Waals surface area contributed by atoms with Gasteiger partial charge in [-0.1, -0.05) is 30.3 Å². The van der Waals surface area contributed by atoms with E-state index in [1.165, 1.54) is 0 Å². The van der Waals surface area contributed by atoms with Crippen LogP contribution in [-0.4, -0.2) is 22.5 Å². The molecule has 5 heteroatoms. The first-order valence-corrected chi connectivity index (χ1v) is 8.13. The molecule has 0 aliphatic rings. The molecule has 2 aromatic heterocycles. The van der Waals surface area contributed by atoms with Crippen LogP contribution < -0.4 is 10.1 Å². The smallest absolute Gasteiger partial charge is 0.257 e. The molecule has 126 valence electrons. The van der Waals surface area contributed by atoms with Crippen molar-refractivity contribution in [3.05, 3.63) is 89.9 Å². The zero-order chi connectivity index (χ0) is 17.5. The topological polar surface area (TPSA) is 64.1 Å². The Morgan fingerprint density at radius 2 is 1.72 bits per heavy atom. The molecule has 1 atom stereocenters. The van der Waals surface area contributed by atoms with E-state index in [2.05, 4.69) is 15.3 Å². The zero-order valence-corrected chi connectivity index (χ0v) is 13.9. The van der Waals surface area contributed by atoms with Crippen molar-refractivity contribution in [3.63, 3.8) is 0 Å². The minimum Gasteiger partial charge on any atom is -0.477 e. The first kappa shape index (κ1) is 16.6. The summed E-state index contributed by atoms with van der Waals surface area (Å²) in [6.07, 6.45) is 5.04. The predicted octanol–water partition coefficient (Wildman–Crippen LogP) is 3.39. The Labute approximate surface area is 146 Å². The van der Waals surface area contributed by atoms with E-state index in [-0.39, 0.29) is 11.9 Å². The minimum absolute atomic E-state index is 0.234. The first-order valence-electron chi connectivity index (χ1n) is 8.13. The SMILES string of the molecule is CCOc1ncccc1C(=O)N[C@@H](c1ccccc1)c1ccncc1. The van der Waals surface area contributed by atoms with Crippen molar-refractivity contribution in [3.8, 4) is 5.88 Å². The standard InChI is InChI=1S/C20H19N3O2/c1-2-25-20-17(9-6-12-22-20)19(24)23-18(15-7-4-3-5-8-15)16-10-13-21-14-11-16/h3-14,18H,2H2,1H3,(H,23,24)/t18-/m0/s1. The Bertz CT molecular complexity index is 783. The summed E-state index contributed by atoms with van der Waals surface area (Å²) in [7, 11) is 0. The fourth-order valence-corrected chi connectivity index (χ4v) is 2.58. The Kier molecular flexibility index (Phi) is 5.36. The van der Waals surface area contributed by atoms with Crippen molar-refractivity contribution < 1.29 is 9.53 Å². The van der Waals surface area contributed by atoms with Crippen LogP contribution in [0.5, 0.6) is 5.88 Å². The quantitative estimate of drug-likeness (QED) is 0.751. The third-order valence-electron chi connectivity index (χ3n) is 3.74. The Morgan fingerprint density at radius 1 is 1.00 bits per heavy atom. The molecule has 1 N–H and O–H groups in total. The summed E-state index contributed by atoms with van der Waals surface area (Å²) < 4.78 is 5.47. The maximum Gasteiger partial charge on any atom is 0.257 e. The summed E-state index contributed by atoms with van der Waals surface area (Å²) in [4.78, 5) is 21.1. The van der Waals surface area contributed by atoms with Crippen LogP contribution in [0.3, 0.4) is 0 Å². The molecule has 0 saturated heterocycles. The second kappa shape index (κ2) is 8.06. The largest absolute Gasteiger partial charge is 0.477 e. The van der Waals surface area contributed by atoms with Crippen LogP contribution in [0, 0.1) is 0 Å². The van der Waals surface area contributed by atoms with Crippen molar-refractivity contribution in [1.29, 1.82) is 0 Å². The number of aromatic nitrogens is 2. The Morgan fingerprint density at radius 3 is 2.44 bits per heavy atom. The highest BCUT2D eigenvalue weighted by molar-refractivity contribution is 5.96. The van der Waals surface area contributed by atoms with Crippen LogP contribution in [0.2, 0.25) is 0 Å². The van der Waals surface area contributed by atoms with Gasteiger partial charge in [0.15, 0.2) is 0 Å². The molecule has 0 aliphatic heterocycles. The summed E-state index contributed by atoms with van der Waals surface area (Å²) in [5.74, 6) is 0.103. The van der Waals surface area contributed by atoms with Crippen molar-refractivity contribution in [1.82, 2.24) is 15.3 Å². The van der Waals surface area contributed by atoms with Gasteiger partial charge in [-0.2, -0.15) is 0 Å². The molecule has 0 aliphatic carbocycles. The van der Waals surface area contributed by atoms with Crippen molar-refractivity contribution in [2.45, 2.75) is 13.0 Å². The molecule has 1 amide bonds. The maximum atomic E-state index is 12.9. The van der Waals surface area contributed by atoms with E-state index in [4.69, 9.17) is 4.74 Å². The molecule has 0 saturated carbocycles. The third kappa shape index (κ3) is 4.01. The number of rotatable bonds is 6. The van der Waals surface area contributed by atoms with Gasteiger partial charge in [0.25, 0.3) is 5.91 Å². The highest BCUT2D eigenvalue weighted by Crippen LogP contribution is 2.23. The monoisotopic (exact) mass is 333 g/mol. The molecule has 3 aromatic rings. The molecule has 25 heavy (non-hydrogen) atoms. The molecule has 0 radical (unpaired) electrons. The molecule has 2 heterocycles. The van der Waals surface area contributed by atoms with Gasteiger partial charge in [0.2, 0.25) is 5.88 Å². The summed E-state index contributed by atoms with van der Waals surface area (Å²) >= 11 is 0. The molecular formula is C20H19N3O2. The number of pyridine rings is 2. The van der Waals surface area contributed by atoms with Crippen molar-refractivity contribution in [2.24, 2.45) is 0 Å². The van der Waals surface area contributed by atoms with Gasteiger partial charge in [0.05, 0.1) is 12.6 Å². The molecule has 3 rings (SSSR count). The number of hydrogen-bond donors (Lipinski definition) is 1. The highest BCUT2D eigenvalue weighted by Gasteiger charge is 2.20. The molecule has 0 bridgehead atoms. The second-order valence-electron chi connectivity index (χ2n) is 5.39. The van der Waals surface area contributed by atoms with Crippen LogP contribution >= 0.6 is 0 Å². The number of carbonyl (C=O) groups excluding carboxylic acids is 1. The van der Waals surface area contributed by atoms with Crippen LogP contribution in [0.1, 0.15) is 34.5 Å². The number of benzene rings is 1. The fourth-order valence-electron chi connectivity index (χ4n) is 2.58. The van der Waals surface area contributed by atoms with Gasteiger partial charge in [0, 0.05) is 18.6 Å². The molecule has 0 unspecified atom stereocenters. The van der Waals surface area contributed by atoms with E-state index < -0.39 is 0 Å². The molecule has 0 spiro atoms. The lowest BCUT2D eigenvalue weighted by atomic mass is 9.99. The van der Waals surface area contributed by atoms with Gasteiger partial charge in [-0.25, -0.2) is 4.98 Å². The Hall–Kier alpha value is -3.21. The lowest BCUT2D eigenvalue weighted by Gasteiger charge is -2.20. The summed E-state index contributed by atoms with van der Waals surface area (Å²) in [6, 6.07) is 16.8. The Balaban J connectivity index is 1.92. The van der Waals surface area contributed by atoms with Crippen LogP contribution in [-0.2, 0) is 0 Å². The number of hydrogen-bond acceptors (Lipinski definition) is 4. The molecule has 5 nitrogen and oxygen atoms in total. The summed E-state index contributed by atoms with van der Waals surface area (Å²) in [5.41, 5.74) is 2.36. The molecule has 1 aromatic carbocycles. The lowest BCUT2D eigenvalue weighted by molar-refractivity contribution is 0.0938. The van der Waals surface area contributed by atoms with E-state index in [0.29, 0.717) is 18.1 Å². The van der Waals surface area contributed by atoms with Gasteiger partial charge in [-0.05, 0) is 42.3 Å². The second-order valence-corrected chi connectivity index (χ2v) is 5.39. The van der Waals surface area contributed by atoms with Gasteiger partial charge < -0.3 is 10.1 Å². The third-order valence-corrected chi connectivity index (χ3v) is 3.74. The van der Waals surface area contributed by atoms with Gasteiger partial charge in [-0.15, -0.1) is 0 Å². The maximum absolute atomic E-state index is 12.9. The summed E-state index contributed by atoms with van der Waals surface area (Å²) in [5, 5.41) is 3.08. The van der Waals surface area contributed by atoms with Crippen LogP contribution in [0.25, 0.3) is 0 Å². The highest BCUT2D eigenvalue weighted by atomic mass is 16.5. The van der Waals surface area contributed by atoms with Crippen molar-refractivity contribution in [2.75, 3.05) is 6.61 Å². The van der Waals surface area contributed by atoms with Gasteiger partial charge >= 0.3 is 0 Å². The minimum atomic E-state index is -0.286. The average molecular weight is 333 g/mol. The number of amides is 1. The van der Waals surface area contributed by atoms with Crippen LogP contribution in [0.4, 0.5) is 0 Å². The number of ether oxygens (including phenoxy) is 1. The number of carbonyl (C=O) groups is 1. The van der Waals surface area contributed by atoms with E-state index in [1.807, 2.05) is 49.4 Å². The van der Waals surface area contributed by atoms with E-state index in [1.54, 1.807) is 30.7 Å². The molecular weight excluding hydrogens is 314 g/mol. The lowest BCUT2D eigenvalue weighted by Crippen LogP contribution is -2.29. The van der Waals surface area contributed by atoms with E-state index in [0.717, 1.165) is 11.1 Å². The van der Waals surface area contributed by atoms with Crippen molar-refractivity contribution >= 4 is 5.91 Å². The zero-order valence-electron chi connectivity index (χ0n) is 13.9. The van der Waals surface area contributed by atoms with Gasteiger partial charge in [0.1, 0.15) is 5.56 Å². The first-order chi connectivity index (χ1) is 12.3. The molecule has 0 fully saturated rings. The van der Waals surface area contributed by atoms with Crippen LogP contribution in [0.15, 0.2) is 73.2 Å². The van der Waals surface area contributed by atoms with E-state index >= 15 is 0 Å². The fraction of sp³-hybridized carbons (Fsp3) is 0.150. The number of nitrogens with one attached hydrogen (secondary N) is 1. The normalized spacial score (nSPS) is 11.6. The van der Waals surface area contributed by atoms with E-state index in [9.17, 15) is 4.79 Å². The summed E-state index contributed by atoms with van der Waals surface area (Å²) in [6.45, 7) is 2.31. The predicted molar refractivity (Wildman–Crippen MR) is 95.4 cm³/mol. The average Bonchev–Trinajstić information content (AvgIpc) is 2.68.